The van der Waals surface area contributed by atoms with Gasteiger partial charge in [-0.2, -0.15) is 0 Å². The molecule has 2 atom stereocenters. The molecule has 0 amide bonds. The Balaban J connectivity index is 1.58. The maximum Gasteiger partial charge on any atom is 0.177 e. The third-order valence-corrected chi connectivity index (χ3v) is 5.70. The number of para-hydroxylation sites is 1. The minimum absolute atomic E-state index is 0.0464. The third kappa shape index (κ3) is 3.41. The molecule has 1 aromatic carbocycles. The van der Waals surface area contributed by atoms with Gasteiger partial charge in [0.2, 0.25) is 0 Å². The van der Waals surface area contributed by atoms with Crippen LogP contribution in [0.1, 0.15) is 25.7 Å². The predicted molar refractivity (Wildman–Crippen MR) is 96.9 cm³/mol. The van der Waals surface area contributed by atoms with E-state index < -0.39 is 5.79 Å². The average molecular weight is 346 g/mol. The van der Waals surface area contributed by atoms with E-state index in [1.807, 2.05) is 30.3 Å². The Kier molecular flexibility index (Phi) is 5.24. The molecule has 0 radical (unpaired) electrons. The van der Waals surface area contributed by atoms with Crippen LogP contribution in [0.15, 0.2) is 30.3 Å². The number of benzene rings is 1. The van der Waals surface area contributed by atoms with Crippen LogP contribution in [0.3, 0.4) is 0 Å². The number of nitrogens with zero attached hydrogens (tertiary/aromatic N) is 3. The SMILES string of the molecule is NC1(N2CCOCC2)C(Oc2ccccc2)CCN1N1CCCCC1. The van der Waals surface area contributed by atoms with Gasteiger partial charge in [0.1, 0.15) is 11.9 Å². The summed E-state index contributed by atoms with van der Waals surface area (Å²) in [7, 11) is 0. The Morgan fingerprint density at radius 3 is 2.40 bits per heavy atom. The van der Waals surface area contributed by atoms with Gasteiger partial charge in [0.25, 0.3) is 0 Å². The molecule has 3 saturated heterocycles. The maximum absolute atomic E-state index is 7.13. The number of hydrogen-bond acceptors (Lipinski definition) is 6. The monoisotopic (exact) mass is 346 g/mol. The summed E-state index contributed by atoms with van der Waals surface area (Å²) in [5.74, 6) is 0.299. The molecule has 0 saturated carbocycles. The molecule has 3 fully saturated rings. The lowest BCUT2D eigenvalue weighted by Gasteiger charge is -2.51. The summed E-state index contributed by atoms with van der Waals surface area (Å²) >= 11 is 0. The fraction of sp³-hybridized carbons (Fsp3) is 0.684. The van der Waals surface area contributed by atoms with Gasteiger partial charge in [-0.15, -0.1) is 0 Å². The van der Waals surface area contributed by atoms with Crippen molar-refractivity contribution in [3.8, 4) is 5.75 Å². The van der Waals surface area contributed by atoms with Crippen molar-refractivity contribution >= 4 is 0 Å². The maximum atomic E-state index is 7.13. The highest BCUT2D eigenvalue weighted by Crippen LogP contribution is 2.34. The molecule has 3 heterocycles. The van der Waals surface area contributed by atoms with E-state index in [9.17, 15) is 0 Å². The fourth-order valence-corrected chi connectivity index (χ4v) is 4.38. The van der Waals surface area contributed by atoms with E-state index in [-0.39, 0.29) is 6.10 Å². The first-order valence-electron chi connectivity index (χ1n) is 9.64. The molecule has 25 heavy (non-hydrogen) atoms. The number of piperidine rings is 1. The quantitative estimate of drug-likeness (QED) is 0.891. The molecule has 138 valence electrons. The molecule has 0 aliphatic carbocycles. The number of hydrogen-bond donors (Lipinski definition) is 1. The van der Waals surface area contributed by atoms with Gasteiger partial charge in [0.15, 0.2) is 5.79 Å². The summed E-state index contributed by atoms with van der Waals surface area (Å²) in [4.78, 5) is 2.37. The van der Waals surface area contributed by atoms with Gasteiger partial charge in [0.05, 0.1) is 13.2 Å². The van der Waals surface area contributed by atoms with E-state index in [1.54, 1.807) is 0 Å². The zero-order valence-corrected chi connectivity index (χ0v) is 15.0. The number of nitrogens with two attached hydrogens (primary N) is 1. The molecule has 0 bridgehead atoms. The number of hydrazine groups is 1. The molecule has 2 N–H and O–H groups in total. The lowest BCUT2D eigenvalue weighted by atomic mass is 10.1. The summed E-state index contributed by atoms with van der Waals surface area (Å²) in [5.41, 5.74) is 7.13. The molecule has 4 rings (SSSR count). The normalized spacial score (nSPS) is 32.8. The molecule has 1 aromatic rings. The molecule has 3 aliphatic rings. The Morgan fingerprint density at radius 2 is 1.68 bits per heavy atom. The van der Waals surface area contributed by atoms with Gasteiger partial charge in [-0.25, -0.2) is 10.0 Å². The van der Waals surface area contributed by atoms with E-state index >= 15 is 0 Å². The van der Waals surface area contributed by atoms with E-state index in [1.165, 1.54) is 19.3 Å². The van der Waals surface area contributed by atoms with Crippen LogP contribution < -0.4 is 10.5 Å². The Morgan fingerprint density at radius 1 is 0.960 bits per heavy atom. The standard InChI is InChI=1S/C19H30N4O2/c20-19(21-13-15-24-16-14-21)18(25-17-7-3-1-4-8-17)9-12-23(19)22-10-5-2-6-11-22/h1,3-4,7-8,18H,2,5-6,9-16,20H2. The second kappa shape index (κ2) is 7.60. The lowest BCUT2D eigenvalue weighted by molar-refractivity contribution is -0.196. The van der Waals surface area contributed by atoms with E-state index in [0.717, 1.165) is 58.1 Å². The zero-order valence-electron chi connectivity index (χ0n) is 15.0. The van der Waals surface area contributed by atoms with Crippen molar-refractivity contribution in [2.24, 2.45) is 5.73 Å². The average Bonchev–Trinajstić information content (AvgIpc) is 3.01. The summed E-state index contributed by atoms with van der Waals surface area (Å²) in [5, 5.41) is 4.86. The van der Waals surface area contributed by atoms with Gasteiger partial charge in [-0.1, -0.05) is 24.6 Å². The molecule has 3 aliphatic heterocycles. The van der Waals surface area contributed by atoms with Gasteiger partial charge in [-0.3, -0.25) is 10.6 Å². The second-order valence-corrected chi connectivity index (χ2v) is 7.23. The van der Waals surface area contributed by atoms with Crippen LogP contribution in [0, 0.1) is 0 Å². The van der Waals surface area contributed by atoms with Crippen LogP contribution >= 0.6 is 0 Å². The Hall–Kier alpha value is -1.18. The van der Waals surface area contributed by atoms with Crippen molar-refractivity contribution in [1.82, 2.24) is 14.9 Å². The van der Waals surface area contributed by atoms with Gasteiger partial charge >= 0.3 is 0 Å². The molecule has 6 nitrogen and oxygen atoms in total. The van der Waals surface area contributed by atoms with E-state index in [0.29, 0.717) is 0 Å². The van der Waals surface area contributed by atoms with Crippen LogP contribution in [0.2, 0.25) is 0 Å². The largest absolute Gasteiger partial charge is 0.485 e. The van der Waals surface area contributed by atoms with Crippen LogP contribution in [0.4, 0.5) is 0 Å². The Labute approximate surface area is 150 Å². The van der Waals surface area contributed by atoms with Crippen LogP contribution in [0.25, 0.3) is 0 Å². The molecule has 6 heteroatoms. The highest BCUT2D eigenvalue weighted by Gasteiger charge is 2.54. The van der Waals surface area contributed by atoms with Crippen LogP contribution in [-0.2, 0) is 4.74 Å². The topological polar surface area (TPSA) is 54.2 Å². The summed E-state index contributed by atoms with van der Waals surface area (Å²) in [6.45, 7) is 6.34. The van der Waals surface area contributed by atoms with Gasteiger partial charge < -0.3 is 9.47 Å². The molecule has 0 aromatic heterocycles. The highest BCUT2D eigenvalue weighted by atomic mass is 16.5. The van der Waals surface area contributed by atoms with Crippen molar-refractivity contribution in [2.75, 3.05) is 45.9 Å². The summed E-state index contributed by atoms with van der Waals surface area (Å²) in [6, 6.07) is 10.1. The highest BCUT2D eigenvalue weighted by molar-refractivity contribution is 5.22. The minimum atomic E-state index is -0.600. The molecule has 0 spiro atoms. The number of rotatable bonds is 4. The minimum Gasteiger partial charge on any atom is -0.485 e. The van der Waals surface area contributed by atoms with E-state index in [2.05, 4.69) is 14.9 Å². The second-order valence-electron chi connectivity index (χ2n) is 7.23. The third-order valence-electron chi connectivity index (χ3n) is 5.70. The van der Waals surface area contributed by atoms with Crippen molar-refractivity contribution in [3.05, 3.63) is 30.3 Å². The smallest absolute Gasteiger partial charge is 0.177 e. The van der Waals surface area contributed by atoms with Crippen LogP contribution in [-0.4, -0.2) is 72.7 Å². The summed E-state index contributed by atoms with van der Waals surface area (Å²) in [6.07, 6.45) is 4.72. The van der Waals surface area contributed by atoms with Gasteiger partial charge in [-0.05, 0) is 25.0 Å². The van der Waals surface area contributed by atoms with Crippen molar-refractivity contribution in [2.45, 2.75) is 37.6 Å². The molecular formula is C19H30N4O2. The van der Waals surface area contributed by atoms with Gasteiger partial charge in [0, 0.05) is 39.1 Å². The van der Waals surface area contributed by atoms with Crippen molar-refractivity contribution in [1.29, 1.82) is 0 Å². The van der Waals surface area contributed by atoms with Crippen LogP contribution in [0.5, 0.6) is 5.75 Å². The first-order valence-corrected chi connectivity index (χ1v) is 9.64. The van der Waals surface area contributed by atoms with Crippen molar-refractivity contribution < 1.29 is 9.47 Å². The number of ether oxygens (including phenoxy) is 2. The van der Waals surface area contributed by atoms with E-state index in [4.69, 9.17) is 15.2 Å². The lowest BCUT2D eigenvalue weighted by Crippen LogP contribution is -2.74. The first-order chi connectivity index (χ1) is 12.3. The molecule has 2 unspecified atom stereocenters. The fourth-order valence-electron chi connectivity index (χ4n) is 4.38. The zero-order chi connectivity index (χ0) is 17.1. The first kappa shape index (κ1) is 17.2. The Bertz CT molecular complexity index is 546. The molecular weight excluding hydrogens is 316 g/mol. The van der Waals surface area contributed by atoms with Crippen molar-refractivity contribution in [3.63, 3.8) is 0 Å². The summed E-state index contributed by atoms with van der Waals surface area (Å²) < 4.78 is 12.0. The predicted octanol–water partition coefficient (Wildman–Crippen LogP) is 1.49. The number of morpholine rings is 1.